The van der Waals surface area contributed by atoms with Crippen molar-refractivity contribution in [3.63, 3.8) is 0 Å². The summed E-state index contributed by atoms with van der Waals surface area (Å²) in [6.45, 7) is 6.85. The highest BCUT2D eigenvalue weighted by Gasteiger charge is 2.36. The molecular formula is C15H26N2O2. The third-order valence-corrected chi connectivity index (χ3v) is 3.80. The Morgan fingerprint density at radius 3 is 2.89 bits per heavy atom. The average molecular weight is 266 g/mol. The predicted octanol–water partition coefficient (Wildman–Crippen LogP) is 2.07. The Morgan fingerprint density at radius 1 is 1.42 bits per heavy atom. The van der Waals surface area contributed by atoms with E-state index in [0.29, 0.717) is 5.92 Å². The monoisotopic (exact) mass is 266 g/mol. The van der Waals surface area contributed by atoms with Crippen molar-refractivity contribution < 1.29 is 9.15 Å². The van der Waals surface area contributed by atoms with Crippen molar-refractivity contribution in [2.45, 2.75) is 25.8 Å². The molecule has 1 N–H and O–H groups in total. The van der Waals surface area contributed by atoms with E-state index in [1.165, 1.54) is 12.2 Å². The summed E-state index contributed by atoms with van der Waals surface area (Å²) in [5.74, 6) is 3.70. The van der Waals surface area contributed by atoms with Crippen molar-refractivity contribution >= 4 is 0 Å². The molecule has 1 saturated carbocycles. The van der Waals surface area contributed by atoms with Gasteiger partial charge in [0, 0.05) is 32.7 Å². The van der Waals surface area contributed by atoms with E-state index in [-0.39, 0.29) is 0 Å². The lowest BCUT2D eigenvalue weighted by Gasteiger charge is -2.15. The van der Waals surface area contributed by atoms with Crippen molar-refractivity contribution in [2.24, 2.45) is 5.92 Å². The number of likely N-dealkylation sites (N-methyl/N-ethyl adjacent to an activating group) is 1. The van der Waals surface area contributed by atoms with Gasteiger partial charge in [-0.1, -0.05) is 6.92 Å². The van der Waals surface area contributed by atoms with E-state index < -0.39 is 0 Å². The van der Waals surface area contributed by atoms with Crippen LogP contribution in [0.25, 0.3) is 0 Å². The minimum absolute atomic E-state index is 0.675. The zero-order valence-corrected chi connectivity index (χ0v) is 12.3. The SMILES string of the molecule is COCCN(C)CCNCc1ccc(C2CC2C)o1. The van der Waals surface area contributed by atoms with E-state index in [2.05, 4.69) is 36.3 Å². The molecule has 0 saturated heterocycles. The molecule has 4 nitrogen and oxygen atoms in total. The summed E-state index contributed by atoms with van der Waals surface area (Å²) in [4.78, 5) is 2.26. The number of nitrogens with one attached hydrogen (secondary N) is 1. The van der Waals surface area contributed by atoms with E-state index in [4.69, 9.17) is 9.15 Å². The van der Waals surface area contributed by atoms with Gasteiger partial charge in [-0.3, -0.25) is 0 Å². The highest BCUT2D eigenvalue weighted by atomic mass is 16.5. The third kappa shape index (κ3) is 4.64. The van der Waals surface area contributed by atoms with Gasteiger partial charge in [-0.2, -0.15) is 0 Å². The lowest BCUT2D eigenvalue weighted by Crippen LogP contribution is -2.31. The maximum atomic E-state index is 5.85. The first-order chi connectivity index (χ1) is 9.20. The molecule has 19 heavy (non-hydrogen) atoms. The van der Waals surface area contributed by atoms with Gasteiger partial charge >= 0.3 is 0 Å². The smallest absolute Gasteiger partial charge is 0.117 e. The minimum atomic E-state index is 0.675. The lowest BCUT2D eigenvalue weighted by atomic mass is 10.3. The highest BCUT2D eigenvalue weighted by Crippen LogP contribution is 2.47. The van der Waals surface area contributed by atoms with Crippen molar-refractivity contribution in [1.29, 1.82) is 0 Å². The van der Waals surface area contributed by atoms with Gasteiger partial charge in [-0.05, 0) is 31.5 Å². The Kier molecular flexibility index (Phi) is 5.43. The van der Waals surface area contributed by atoms with Gasteiger partial charge in [0.25, 0.3) is 0 Å². The zero-order valence-electron chi connectivity index (χ0n) is 12.3. The first kappa shape index (κ1) is 14.6. The molecule has 0 spiro atoms. The molecule has 1 aliphatic carbocycles. The summed E-state index contributed by atoms with van der Waals surface area (Å²) in [7, 11) is 3.85. The molecule has 2 unspecified atom stereocenters. The van der Waals surface area contributed by atoms with Gasteiger partial charge < -0.3 is 19.4 Å². The molecule has 0 bridgehead atoms. The molecule has 0 aliphatic heterocycles. The molecule has 0 amide bonds. The van der Waals surface area contributed by atoms with Gasteiger partial charge in [-0.25, -0.2) is 0 Å². The maximum Gasteiger partial charge on any atom is 0.117 e. The summed E-state index contributed by atoms with van der Waals surface area (Å²) >= 11 is 0. The first-order valence-electron chi connectivity index (χ1n) is 7.17. The van der Waals surface area contributed by atoms with Gasteiger partial charge in [-0.15, -0.1) is 0 Å². The van der Waals surface area contributed by atoms with Gasteiger partial charge in [0.1, 0.15) is 11.5 Å². The molecule has 1 fully saturated rings. The molecule has 2 rings (SSSR count). The fourth-order valence-electron chi connectivity index (χ4n) is 2.25. The van der Waals surface area contributed by atoms with E-state index in [1.54, 1.807) is 7.11 Å². The Hall–Kier alpha value is -0.840. The van der Waals surface area contributed by atoms with Gasteiger partial charge in [0.05, 0.1) is 13.2 Å². The lowest BCUT2D eigenvalue weighted by molar-refractivity contribution is 0.161. The molecule has 1 aliphatic rings. The maximum absolute atomic E-state index is 5.85. The molecule has 0 radical (unpaired) electrons. The summed E-state index contributed by atoms with van der Waals surface area (Å²) in [5, 5.41) is 3.42. The van der Waals surface area contributed by atoms with E-state index in [1.807, 2.05) is 0 Å². The van der Waals surface area contributed by atoms with Crippen LogP contribution in [0, 0.1) is 5.92 Å². The fourth-order valence-corrected chi connectivity index (χ4v) is 2.25. The molecular weight excluding hydrogens is 240 g/mol. The summed E-state index contributed by atoms with van der Waals surface area (Å²) in [6.07, 6.45) is 1.28. The van der Waals surface area contributed by atoms with Gasteiger partial charge in [0.15, 0.2) is 0 Å². The first-order valence-corrected chi connectivity index (χ1v) is 7.17. The zero-order chi connectivity index (χ0) is 13.7. The number of hydrogen-bond donors (Lipinski definition) is 1. The van der Waals surface area contributed by atoms with Crippen molar-refractivity contribution in [2.75, 3.05) is 40.4 Å². The molecule has 1 aromatic heterocycles. The van der Waals surface area contributed by atoms with Crippen LogP contribution in [0.3, 0.4) is 0 Å². The Morgan fingerprint density at radius 2 is 2.21 bits per heavy atom. The molecule has 4 heteroatoms. The van der Waals surface area contributed by atoms with Crippen molar-refractivity contribution in [3.8, 4) is 0 Å². The van der Waals surface area contributed by atoms with Crippen LogP contribution in [0.5, 0.6) is 0 Å². The standard InChI is InChI=1S/C15H26N2O2/c1-12-10-14(12)15-5-4-13(19-15)11-16-6-7-17(2)8-9-18-3/h4-5,12,14,16H,6-11H2,1-3H3. The van der Waals surface area contributed by atoms with E-state index >= 15 is 0 Å². The van der Waals surface area contributed by atoms with Crippen LogP contribution in [-0.2, 0) is 11.3 Å². The van der Waals surface area contributed by atoms with Crippen LogP contribution in [0.15, 0.2) is 16.5 Å². The van der Waals surface area contributed by atoms with E-state index in [9.17, 15) is 0 Å². The molecule has 0 aromatic carbocycles. The largest absolute Gasteiger partial charge is 0.464 e. The second-order valence-electron chi connectivity index (χ2n) is 5.60. The Balaban J connectivity index is 1.59. The second kappa shape index (κ2) is 7.08. The molecule has 1 aromatic rings. The van der Waals surface area contributed by atoms with Crippen LogP contribution in [-0.4, -0.2) is 45.3 Å². The number of hydrogen-bond acceptors (Lipinski definition) is 4. The van der Waals surface area contributed by atoms with Crippen LogP contribution in [0.1, 0.15) is 30.8 Å². The number of nitrogens with zero attached hydrogens (tertiary/aromatic N) is 1. The summed E-state index contributed by atoms with van der Waals surface area (Å²) in [5.41, 5.74) is 0. The number of ether oxygens (including phenoxy) is 1. The fraction of sp³-hybridized carbons (Fsp3) is 0.733. The number of furan rings is 1. The molecule has 2 atom stereocenters. The van der Waals surface area contributed by atoms with Crippen LogP contribution < -0.4 is 5.32 Å². The number of rotatable bonds is 9. The Labute approximate surface area is 116 Å². The van der Waals surface area contributed by atoms with Gasteiger partial charge in [0.2, 0.25) is 0 Å². The molecule has 108 valence electrons. The third-order valence-electron chi connectivity index (χ3n) is 3.80. The quantitative estimate of drug-likeness (QED) is 0.694. The predicted molar refractivity (Wildman–Crippen MR) is 76.3 cm³/mol. The summed E-state index contributed by atoms with van der Waals surface area (Å²) < 4.78 is 10.9. The van der Waals surface area contributed by atoms with Crippen molar-refractivity contribution in [1.82, 2.24) is 10.2 Å². The normalized spacial score (nSPS) is 22.1. The van der Waals surface area contributed by atoms with E-state index in [0.717, 1.165) is 44.5 Å². The summed E-state index contributed by atoms with van der Waals surface area (Å²) in [6, 6.07) is 4.23. The Bertz CT molecular complexity index is 378. The molecule has 1 heterocycles. The second-order valence-corrected chi connectivity index (χ2v) is 5.60. The van der Waals surface area contributed by atoms with Crippen LogP contribution in [0.4, 0.5) is 0 Å². The highest BCUT2D eigenvalue weighted by molar-refractivity contribution is 5.17. The minimum Gasteiger partial charge on any atom is -0.464 e. The van der Waals surface area contributed by atoms with Crippen LogP contribution in [0.2, 0.25) is 0 Å². The number of methoxy groups -OCH3 is 1. The topological polar surface area (TPSA) is 37.6 Å². The van der Waals surface area contributed by atoms with Crippen molar-refractivity contribution in [3.05, 3.63) is 23.7 Å². The van der Waals surface area contributed by atoms with Crippen LogP contribution >= 0.6 is 0 Å². The average Bonchev–Trinajstić information content (AvgIpc) is 2.95.